The fourth-order valence-electron chi connectivity index (χ4n) is 1.74. The molecule has 4 heteroatoms. The van der Waals surface area contributed by atoms with Crippen molar-refractivity contribution in [1.82, 2.24) is 4.98 Å². The van der Waals surface area contributed by atoms with E-state index < -0.39 is 0 Å². The van der Waals surface area contributed by atoms with Gasteiger partial charge in [0.25, 0.3) is 0 Å². The number of hydrogen-bond acceptors (Lipinski definition) is 2. The molecule has 84 valence electrons. The van der Waals surface area contributed by atoms with Crippen LogP contribution in [0.15, 0.2) is 22.7 Å². The predicted octanol–water partition coefficient (Wildman–Crippen LogP) is 3.67. The molecule has 0 amide bonds. The molecule has 0 atom stereocenters. The Kier molecular flexibility index (Phi) is 3.10. The Bertz CT molecular complexity index is 540. The van der Waals surface area contributed by atoms with Gasteiger partial charge in [-0.05, 0) is 24.6 Å². The van der Waals surface area contributed by atoms with E-state index in [4.69, 9.17) is 5.73 Å². The van der Waals surface area contributed by atoms with E-state index in [1.165, 1.54) is 6.07 Å². The number of hydrogen-bond donors (Lipinski definition) is 1. The van der Waals surface area contributed by atoms with Crippen LogP contribution in [0.2, 0.25) is 0 Å². The van der Waals surface area contributed by atoms with Gasteiger partial charge < -0.3 is 5.73 Å². The van der Waals surface area contributed by atoms with Gasteiger partial charge in [0.05, 0.1) is 0 Å². The van der Waals surface area contributed by atoms with E-state index in [0.29, 0.717) is 16.6 Å². The Balaban J connectivity index is 2.76. The molecular formula is C12H12BrFN2. The van der Waals surface area contributed by atoms with Crippen LogP contribution in [0.25, 0.3) is 10.9 Å². The van der Waals surface area contributed by atoms with Crippen LogP contribution in [0.5, 0.6) is 0 Å². The number of aromatic nitrogens is 1. The van der Waals surface area contributed by atoms with Gasteiger partial charge in [0.1, 0.15) is 11.3 Å². The molecule has 0 aliphatic carbocycles. The molecule has 2 aromatic rings. The summed E-state index contributed by atoms with van der Waals surface area (Å²) in [5.41, 5.74) is 7.67. The van der Waals surface area contributed by atoms with Crippen molar-refractivity contribution in [2.75, 3.05) is 5.73 Å². The van der Waals surface area contributed by atoms with E-state index >= 15 is 0 Å². The zero-order valence-electron chi connectivity index (χ0n) is 8.93. The van der Waals surface area contributed by atoms with Crippen molar-refractivity contribution in [2.45, 2.75) is 19.8 Å². The number of benzene rings is 1. The number of fused-ring (bicyclic) bond motifs is 1. The van der Waals surface area contributed by atoms with Gasteiger partial charge in [0, 0.05) is 21.2 Å². The smallest absolute Gasteiger partial charge is 0.149 e. The maximum Gasteiger partial charge on any atom is 0.149 e. The highest BCUT2D eigenvalue weighted by Crippen LogP contribution is 2.30. The Morgan fingerprint density at radius 2 is 2.19 bits per heavy atom. The highest BCUT2D eigenvalue weighted by Gasteiger charge is 2.10. The van der Waals surface area contributed by atoms with E-state index in [0.717, 1.165) is 23.0 Å². The monoisotopic (exact) mass is 282 g/mol. The van der Waals surface area contributed by atoms with Gasteiger partial charge >= 0.3 is 0 Å². The van der Waals surface area contributed by atoms with Crippen LogP contribution in [0.1, 0.15) is 19.0 Å². The molecule has 0 spiro atoms. The number of pyridine rings is 1. The Labute approximate surface area is 102 Å². The maximum absolute atomic E-state index is 13.6. The third kappa shape index (κ3) is 1.89. The molecule has 0 bridgehead atoms. The van der Waals surface area contributed by atoms with E-state index in [2.05, 4.69) is 27.8 Å². The van der Waals surface area contributed by atoms with Crippen molar-refractivity contribution in [2.24, 2.45) is 0 Å². The summed E-state index contributed by atoms with van der Waals surface area (Å²) < 4.78 is 14.4. The van der Waals surface area contributed by atoms with E-state index in [9.17, 15) is 4.39 Å². The van der Waals surface area contributed by atoms with Crippen molar-refractivity contribution in [3.63, 3.8) is 0 Å². The van der Waals surface area contributed by atoms with Crippen molar-refractivity contribution in [1.29, 1.82) is 0 Å². The van der Waals surface area contributed by atoms with Crippen molar-refractivity contribution in [3.05, 3.63) is 34.2 Å². The van der Waals surface area contributed by atoms with Crippen molar-refractivity contribution in [3.8, 4) is 0 Å². The third-order valence-corrected chi connectivity index (χ3v) is 3.11. The molecular weight excluding hydrogens is 271 g/mol. The Morgan fingerprint density at radius 3 is 2.88 bits per heavy atom. The summed E-state index contributed by atoms with van der Waals surface area (Å²) >= 11 is 3.36. The third-order valence-electron chi connectivity index (χ3n) is 2.45. The SMILES string of the molecule is CCCc1cc(N)c2c(Br)ccc(F)c2n1. The summed E-state index contributed by atoms with van der Waals surface area (Å²) in [5, 5.41) is 0.653. The van der Waals surface area contributed by atoms with Gasteiger partial charge in [-0.1, -0.05) is 29.3 Å². The molecule has 2 nitrogen and oxygen atoms in total. The van der Waals surface area contributed by atoms with Crippen LogP contribution in [0.3, 0.4) is 0 Å². The molecule has 0 fully saturated rings. The fourth-order valence-corrected chi connectivity index (χ4v) is 2.29. The lowest BCUT2D eigenvalue weighted by atomic mass is 10.1. The number of aryl methyl sites for hydroxylation is 1. The number of nitrogens with two attached hydrogens (primary N) is 1. The molecule has 1 heterocycles. The number of nitrogens with zero attached hydrogens (tertiary/aromatic N) is 1. The predicted molar refractivity (Wildman–Crippen MR) is 67.8 cm³/mol. The summed E-state index contributed by atoms with van der Waals surface area (Å²) in [5.74, 6) is -0.331. The van der Waals surface area contributed by atoms with Gasteiger partial charge in [-0.25, -0.2) is 9.37 Å². The average Bonchev–Trinajstić information content (AvgIpc) is 2.23. The van der Waals surface area contributed by atoms with Gasteiger partial charge in [-0.3, -0.25) is 0 Å². The molecule has 0 saturated carbocycles. The first kappa shape index (κ1) is 11.3. The lowest BCUT2D eigenvalue weighted by Gasteiger charge is -2.07. The first-order valence-electron chi connectivity index (χ1n) is 5.16. The van der Waals surface area contributed by atoms with Crippen LogP contribution in [0.4, 0.5) is 10.1 Å². The minimum atomic E-state index is -0.331. The largest absolute Gasteiger partial charge is 0.398 e. The molecule has 16 heavy (non-hydrogen) atoms. The Hall–Kier alpha value is -1.16. The summed E-state index contributed by atoms with van der Waals surface area (Å²) in [6.07, 6.45) is 1.78. The maximum atomic E-state index is 13.6. The molecule has 0 saturated heterocycles. The second-order valence-electron chi connectivity index (χ2n) is 3.71. The number of anilines is 1. The van der Waals surface area contributed by atoms with E-state index in [1.54, 1.807) is 6.07 Å². The van der Waals surface area contributed by atoms with E-state index in [1.807, 2.05) is 6.07 Å². The molecule has 0 radical (unpaired) electrons. The molecule has 1 aromatic carbocycles. The standard InChI is InChI=1S/C12H12BrFN2/c1-2-3-7-6-10(15)11-8(13)4-5-9(14)12(11)16-7/h4-6H,2-3H2,1H3,(H2,15,16). The van der Waals surface area contributed by atoms with E-state index in [-0.39, 0.29) is 5.82 Å². The highest BCUT2D eigenvalue weighted by molar-refractivity contribution is 9.10. The molecule has 0 aliphatic rings. The van der Waals surface area contributed by atoms with Crippen LogP contribution in [-0.4, -0.2) is 4.98 Å². The van der Waals surface area contributed by atoms with Crippen LogP contribution < -0.4 is 5.73 Å². The first-order valence-corrected chi connectivity index (χ1v) is 5.96. The summed E-state index contributed by atoms with van der Waals surface area (Å²) in [4.78, 5) is 4.30. The minimum Gasteiger partial charge on any atom is -0.398 e. The lowest BCUT2D eigenvalue weighted by molar-refractivity contribution is 0.636. The van der Waals surface area contributed by atoms with Crippen molar-refractivity contribution < 1.29 is 4.39 Å². The quantitative estimate of drug-likeness (QED) is 0.913. The molecule has 2 rings (SSSR count). The number of halogens is 2. The summed E-state index contributed by atoms with van der Waals surface area (Å²) in [6, 6.07) is 4.86. The molecule has 0 unspecified atom stereocenters. The zero-order valence-corrected chi connectivity index (χ0v) is 10.5. The summed E-state index contributed by atoms with van der Waals surface area (Å²) in [7, 11) is 0. The lowest BCUT2D eigenvalue weighted by Crippen LogP contribution is -1.98. The van der Waals surface area contributed by atoms with Crippen LogP contribution >= 0.6 is 15.9 Å². The topological polar surface area (TPSA) is 38.9 Å². The van der Waals surface area contributed by atoms with Crippen LogP contribution in [0, 0.1) is 5.82 Å². The fraction of sp³-hybridized carbons (Fsp3) is 0.250. The second-order valence-corrected chi connectivity index (χ2v) is 4.56. The second kappa shape index (κ2) is 4.37. The number of nitrogen functional groups attached to an aromatic ring is 1. The first-order chi connectivity index (χ1) is 7.63. The molecule has 0 aliphatic heterocycles. The number of rotatable bonds is 2. The average molecular weight is 283 g/mol. The van der Waals surface area contributed by atoms with Gasteiger partial charge in [0.2, 0.25) is 0 Å². The Morgan fingerprint density at radius 1 is 1.44 bits per heavy atom. The van der Waals surface area contributed by atoms with Crippen molar-refractivity contribution >= 4 is 32.5 Å². The zero-order chi connectivity index (χ0) is 11.7. The highest BCUT2D eigenvalue weighted by atomic mass is 79.9. The molecule has 2 N–H and O–H groups in total. The minimum absolute atomic E-state index is 0.331. The van der Waals surface area contributed by atoms with Gasteiger partial charge in [0.15, 0.2) is 0 Å². The van der Waals surface area contributed by atoms with Crippen LogP contribution in [-0.2, 0) is 6.42 Å². The molecule has 1 aromatic heterocycles. The van der Waals surface area contributed by atoms with Gasteiger partial charge in [-0.2, -0.15) is 0 Å². The normalized spacial score (nSPS) is 10.9. The summed E-state index contributed by atoms with van der Waals surface area (Å²) in [6.45, 7) is 2.05. The van der Waals surface area contributed by atoms with Gasteiger partial charge in [-0.15, -0.1) is 0 Å².